The molecule has 0 heterocycles. The molecule has 0 spiro atoms. The Morgan fingerprint density at radius 3 is 1.42 bits per heavy atom. The van der Waals surface area contributed by atoms with Gasteiger partial charge in [0, 0.05) is 0 Å². The molecule has 0 saturated carbocycles. The summed E-state index contributed by atoms with van der Waals surface area (Å²) in [5, 5.41) is 0. The SMILES string of the molecule is O=[PH](OC(F)(Br)Br)OC(F)(Br)Br. The summed E-state index contributed by atoms with van der Waals surface area (Å²) in [5.74, 6) is 0. The molecule has 0 rings (SSSR count). The molecule has 0 atom stereocenters. The molecule has 74 valence electrons. The molecular formula is C2HBr4F2O3P. The van der Waals surface area contributed by atoms with Crippen LogP contribution in [0.3, 0.4) is 0 Å². The van der Waals surface area contributed by atoms with Crippen LogP contribution in [0.1, 0.15) is 0 Å². The van der Waals surface area contributed by atoms with Crippen LogP contribution in [-0.2, 0) is 13.6 Å². The molecule has 0 unspecified atom stereocenters. The Kier molecular flexibility index (Phi) is 5.96. The first-order chi connectivity index (χ1) is 5.10. The summed E-state index contributed by atoms with van der Waals surface area (Å²) in [7, 11) is -3.29. The molecule has 3 nitrogen and oxygen atoms in total. The topological polar surface area (TPSA) is 35.5 Å². The van der Waals surface area contributed by atoms with Gasteiger partial charge in [0.15, 0.2) is 0 Å². The van der Waals surface area contributed by atoms with Crippen molar-refractivity contribution < 1.29 is 22.4 Å². The van der Waals surface area contributed by atoms with Gasteiger partial charge >= 0.3 is 15.6 Å². The smallest absolute Gasteiger partial charge is 0.263 e. The molecule has 0 saturated heterocycles. The first-order valence-electron chi connectivity index (χ1n) is 2.15. The van der Waals surface area contributed by atoms with Crippen molar-refractivity contribution in [1.29, 1.82) is 0 Å². The lowest BCUT2D eigenvalue weighted by Gasteiger charge is -2.14. The highest BCUT2D eigenvalue weighted by atomic mass is 79.9. The third kappa shape index (κ3) is 10.0. The van der Waals surface area contributed by atoms with Gasteiger partial charge in [-0.15, -0.1) is 0 Å². The summed E-state index contributed by atoms with van der Waals surface area (Å²) in [5.41, 5.74) is 0. The van der Waals surface area contributed by atoms with Crippen molar-refractivity contribution in [2.75, 3.05) is 0 Å². The van der Waals surface area contributed by atoms with Crippen LogP contribution in [0.15, 0.2) is 0 Å². The van der Waals surface area contributed by atoms with Crippen molar-refractivity contribution in [3.8, 4) is 0 Å². The Morgan fingerprint density at radius 1 is 1.00 bits per heavy atom. The molecular weight excluding hydrogens is 461 g/mol. The van der Waals surface area contributed by atoms with Crippen LogP contribution in [0.4, 0.5) is 8.78 Å². The van der Waals surface area contributed by atoms with Crippen molar-refractivity contribution in [1.82, 2.24) is 0 Å². The zero-order chi connectivity index (χ0) is 9.99. The molecule has 0 aliphatic carbocycles. The van der Waals surface area contributed by atoms with Crippen LogP contribution in [-0.4, -0.2) is 7.35 Å². The maximum atomic E-state index is 12.4. The first kappa shape index (κ1) is 13.9. The molecule has 0 aliphatic rings. The van der Waals surface area contributed by atoms with Crippen LogP contribution in [0.25, 0.3) is 0 Å². The second-order valence-electron chi connectivity index (χ2n) is 1.35. The lowest BCUT2D eigenvalue weighted by atomic mass is 11.6. The van der Waals surface area contributed by atoms with Crippen LogP contribution in [0.2, 0.25) is 0 Å². The van der Waals surface area contributed by atoms with E-state index < -0.39 is 15.6 Å². The monoisotopic (exact) mass is 458 g/mol. The Balaban J connectivity index is 3.92. The van der Waals surface area contributed by atoms with E-state index in [0.717, 1.165) is 0 Å². The van der Waals surface area contributed by atoms with E-state index in [0.29, 0.717) is 0 Å². The van der Waals surface area contributed by atoms with Crippen molar-refractivity contribution >= 4 is 72.0 Å². The van der Waals surface area contributed by atoms with Crippen molar-refractivity contribution in [2.24, 2.45) is 0 Å². The van der Waals surface area contributed by atoms with E-state index >= 15 is 0 Å². The van der Waals surface area contributed by atoms with Gasteiger partial charge in [0.25, 0.3) is 0 Å². The quantitative estimate of drug-likeness (QED) is 0.466. The van der Waals surface area contributed by atoms with E-state index in [1.807, 2.05) is 0 Å². The molecule has 0 fully saturated rings. The number of alkyl halides is 6. The minimum atomic E-state index is -3.29. The van der Waals surface area contributed by atoms with Gasteiger partial charge in [-0.05, 0) is 63.7 Å². The predicted octanol–water partition coefficient (Wildman–Crippen LogP) is 4.15. The molecule has 0 radical (unpaired) electrons. The average molecular weight is 462 g/mol. The maximum absolute atomic E-state index is 12.4. The van der Waals surface area contributed by atoms with Gasteiger partial charge < -0.3 is 0 Å². The molecule has 0 amide bonds. The summed E-state index contributed by atoms with van der Waals surface area (Å²) in [6, 6.07) is 0. The molecule has 0 aromatic rings. The van der Waals surface area contributed by atoms with Gasteiger partial charge in [0.05, 0.1) is 0 Å². The Bertz CT molecular complexity index is 158. The number of hydrogen-bond acceptors (Lipinski definition) is 3. The highest BCUT2D eigenvalue weighted by Crippen LogP contribution is 2.46. The van der Waals surface area contributed by atoms with Crippen molar-refractivity contribution in [3.05, 3.63) is 0 Å². The van der Waals surface area contributed by atoms with Crippen LogP contribution in [0, 0.1) is 0 Å². The van der Waals surface area contributed by atoms with E-state index in [1.54, 1.807) is 0 Å². The zero-order valence-electron chi connectivity index (χ0n) is 4.99. The van der Waals surface area contributed by atoms with Gasteiger partial charge in [-0.25, -0.2) is 0 Å². The summed E-state index contributed by atoms with van der Waals surface area (Å²) in [4.78, 5) is 0. The van der Waals surface area contributed by atoms with Gasteiger partial charge in [-0.1, -0.05) is 0 Å². The number of halogens is 6. The summed E-state index contributed by atoms with van der Waals surface area (Å²) >= 11 is 9.23. The third-order valence-corrected chi connectivity index (χ3v) is 3.14. The minimum Gasteiger partial charge on any atom is -0.263 e. The van der Waals surface area contributed by atoms with E-state index in [-0.39, 0.29) is 0 Å². The number of hydrogen-bond donors (Lipinski definition) is 0. The predicted molar refractivity (Wildman–Crippen MR) is 54.6 cm³/mol. The maximum Gasteiger partial charge on any atom is 0.328 e. The van der Waals surface area contributed by atoms with Gasteiger partial charge in [-0.2, -0.15) is 8.78 Å². The van der Waals surface area contributed by atoms with E-state index in [9.17, 15) is 13.3 Å². The largest absolute Gasteiger partial charge is 0.328 e. The van der Waals surface area contributed by atoms with Gasteiger partial charge in [0.1, 0.15) is 0 Å². The van der Waals surface area contributed by atoms with Crippen LogP contribution < -0.4 is 0 Å². The molecule has 0 aromatic carbocycles. The van der Waals surface area contributed by atoms with Gasteiger partial charge in [0.2, 0.25) is 0 Å². The van der Waals surface area contributed by atoms with E-state index in [1.165, 1.54) is 0 Å². The Hall–Kier alpha value is 1.93. The number of rotatable bonds is 4. The highest BCUT2D eigenvalue weighted by Gasteiger charge is 2.31. The highest BCUT2D eigenvalue weighted by molar-refractivity contribution is 9.25. The second-order valence-corrected chi connectivity index (χ2v) is 8.46. The fourth-order valence-corrected chi connectivity index (χ4v) is 2.22. The first-order valence-corrected chi connectivity index (χ1v) is 6.55. The van der Waals surface area contributed by atoms with E-state index in [2.05, 4.69) is 72.8 Å². The minimum absolute atomic E-state index is 2.31. The second kappa shape index (κ2) is 5.14. The average Bonchev–Trinajstić information content (AvgIpc) is 1.49. The summed E-state index contributed by atoms with van der Waals surface area (Å²) in [6.45, 7) is 0. The standard InChI is InChI=1S/C2HBr4F2O3P/c3-1(4,7)10-12(9)11-2(5,6)8/h12H. The molecule has 0 N–H and O–H groups in total. The Morgan fingerprint density at radius 2 is 1.25 bits per heavy atom. The summed E-state index contributed by atoms with van der Waals surface area (Å²) < 4.78 is 38.5. The molecule has 10 heteroatoms. The summed E-state index contributed by atoms with van der Waals surface area (Å²) in [6.07, 6.45) is 0. The molecule has 12 heavy (non-hydrogen) atoms. The normalized spacial score (nSPS) is 13.9. The lowest BCUT2D eigenvalue weighted by Crippen LogP contribution is -2.08. The fraction of sp³-hybridized carbons (Fsp3) is 1.00. The third-order valence-electron chi connectivity index (χ3n) is 0.398. The molecule has 0 aromatic heterocycles. The fourth-order valence-electron chi connectivity index (χ4n) is 0.210. The van der Waals surface area contributed by atoms with Gasteiger partial charge in [-0.3, -0.25) is 13.6 Å². The Labute approximate surface area is 101 Å². The zero-order valence-corrected chi connectivity index (χ0v) is 12.3. The van der Waals surface area contributed by atoms with E-state index in [4.69, 9.17) is 0 Å². The lowest BCUT2D eigenvalue weighted by molar-refractivity contribution is 0.0741. The molecule has 0 bridgehead atoms. The van der Waals surface area contributed by atoms with Crippen molar-refractivity contribution in [2.45, 2.75) is 7.35 Å². The van der Waals surface area contributed by atoms with Crippen LogP contribution >= 0.6 is 72.0 Å². The van der Waals surface area contributed by atoms with Crippen molar-refractivity contribution in [3.63, 3.8) is 0 Å². The van der Waals surface area contributed by atoms with Crippen LogP contribution in [0.5, 0.6) is 0 Å². The molecule has 0 aliphatic heterocycles.